The summed E-state index contributed by atoms with van der Waals surface area (Å²) in [5.74, 6) is 0.540. The lowest BCUT2D eigenvalue weighted by Crippen LogP contribution is -2.28. The number of hydrogen-bond acceptors (Lipinski definition) is 3. The molecular weight excluding hydrogens is 268 g/mol. The topological polar surface area (TPSA) is 67.4 Å². The minimum Gasteiger partial charge on any atom is -0.479 e. The zero-order chi connectivity index (χ0) is 14.8. The van der Waals surface area contributed by atoms with Crippen molar-refractivity contribution in [1.29, 1.82) is 0 Å². The van der Waals surface area contributed by atoms with Crippen molar-refractivity contribution < 1.29 is 14.3 Å². The first-order valence-corrected chi connectivity index (χ1v) is 7.51. The zero-order valence-electron chi connectivity index (χ0n) is 12.2. The molecule has 0 unspecified atom stereocenters. The number of anilines is 2. The predicted octanol–water partition coefficient (Wildman–Crippen LogP) is 2.84. The van der Waals surface area contributed by atoms with Gasteiger partial charge in [0.2, 0.25) is 5.91 Å². The van der Waals surface area contributed by atoms with Crippen molar-refractivity contribution in [2.45, 2.75) is 39.0 Å². The first kappa shape index (κ1) is 13.9. The number of nitrogens with one attached hydrogen (secondary N) is 2. The largest absolute Gasteiger partial charge is 0.479 e. The van der Waals surface area contributed by atoms with Crippen LogP contribution in [0, 0.1) is 12.8 Å². The Labute approximate surface area is 124 Å². The molecule has 3 rings (SSSR count). The number of hydrogen-bond donors (Lipinski definition) is 2. The molecule has 1 aromatic carbocycles. The molecule has 5 heteroatoms. The van der Waals surface area contributed by atoms with Crippen molar-refractivity contribution in [2.75, 3.05) is 17.2 Å². The molecule has 1 heterocycles. The lowest BCUT2D eigenvalue weighted by atomic mass is 9.88. The highest BCUT2D eigenvalue weighted by Crippen LogP contribution is 2.37. The molecule has 0 radical (unpaired) electrons. The summed E-state index contributed by atoms with van der Waals surface area (Å²) in [6.45, 7) is 1.92. The Morgan fingerprint density at radius 1 is 1.29 bits per heavy atom. The predicted molar refractivity (Wildman–Crippen MR) is 80.5 cm³/mol. The minimum absolute atomic E-state index is 0.0115. The summed E-state index contributed by atoms with van der Waals surface area (Å²) in [6, 6.07) is 3.74. The molecule has 21 heavy (non-hydrogen) atoms. The standard InChI is InChI=1S/C16H20N2O3/c1-10-7-12-15(21-9-14(19)17-12)13(8-10)18-16(20)11-5-3-2-4-6-11/h7-8,11H,2-6,9H2,1H3,(H,17,19)(H,18,20). The fourth-order valence-electron chi connectivity index (χ4n) is 3.04. The van der Waals surface area contributed by atoms with E-state index in [2.05, 4.69) is 10.6 Å². The van der Waals surface area contributed by atoms with Crippen LogP contribution in [0.2, 0.25) is 0 Å². The van der Waals surface area contributed by atoms with Crippen molar-refractivity contribution in [1.82, 2.24) is 0 Å². The molecule has 1 aliphatic heterocycles. The lowest BCUT2D eigenvalue weighted by Gasteiger charge is -2.24. The van der Waals surface area contributed by atoms with Gasteiger partial charge in [-0.15, -0.1) is 0 Å². The maximum Gasteiger partial charge on any atom is 0.262 e. The van der Waals surface area contributed by atoms with Crippen LogP contribution < -0.4 is 15.4 Å². The number of carbonyl (C=O) groups is 2. The van der Waals surface area contributed by atoms with Crippen molar-refractivity contribution >= 4 is 23.2 Å². The van der Waals surface area contributed by atoms with E-state index in [1.807, 2.05) is 19.1 Å². The minimum atomic E-state index is -0.169. The number of rotatable bonds is 2. The van der Waals surface area contributed by atoms with Crippen LogP contribution >= 0.6 is 0 Å². The van der Waals surface area contributed by atoms with Crippen molar-refractivity contribution in [3.63, 3.8) is 0 Å². The van der Waals surface area contributed by atoms with Gasteiger partial charge in [0.05, 0.1) is 11.4 Å². The first-order chi connectivity index (χ1) is 10.1. The normalized spacial score (nSPS) is 18.4. The number of amides is 2. The third-order valence-electron chi connectivity index (χ3n) is 4.09. The Hall–Kier alpha value is -2.04. The molecule has 2 aliphatic rings. The summed E-state index contributed by atoms with van der Waals surface area (Å²) >= 11 is 0. The molecule has 5 nitrogen and oxygen atoms in total. The molecule has 0 saturated heterocycles. The van der Waals surface area contributed by atoms with E-state index in [-0.39, 0.29) is 24.3 Å². The fraction of sp³-hybridized carbons (Fsp3) is 0.500. The molecule has 1 saturated carbocycles. The number of ether oxygens (including phenoxy) is 1. The van der Waals surface area contributed by atoms with E-state index in [1.54, 1.807) is 0 Å². The van der Waals surface area contributed by atoms with Gasteiger partial charge in [0, 0.05) is 5.92 Å². The van der Waals surface area contributed by atoms with Gasteiger partial charge in [-0.05, 0) is 37.5 Å². The molecule has 0 spiro atoms. The monoisotopic (exact) mass is 288 g/mol. The Morgan fingerprint density at radius 3 is 2.81 bits per heavy atom. The molecule has 1 fully saturated rings. The van der Waals surface area contributed by atoms with E-state index < -0.39 is 0 Å². The molecule has 1 aliphatic carbocycles. The summed E-state index contributed by atoms with van der Waals surface area (Å²) < 4.78 is 5.48. The molecular formula is C16H20N2O3. The SMILES string of the molecule is Cc1cc2c(c(NC(=O)C3CCCCC3)c1)OCC(=O)N2. The fourth-order valence-corrected chi connectivity index (χ4v) is 3.04. The van der Waals surface area contributed by atoms with E-state index in [1.165, 1.54) is 6.42 Å². The highest BCUT2D eigenvalue weighted by atomic mass is 16.5. The number of fused-ring (bicyclic) bond motifs is 1. The Kier molecular flexibility index (Phi) is 3.82. The van der Waals surface area contributed by atoms with Crippen LogP contribution in [0.15, 0.2) is 12.1 Å². The van der Waals surface area contributed by atoms with Crippen molar-refractivity contribution in [3.05, 3.63) is 17.7 Å². The Balaban J connectivity index is 1.81. The molecule has 2 N–H and O–H groups in total. The van der Waals surface area contributed by atoms with E-state index >= 15 is 0 Å². The van der Waals surface area contributed by atoms with Gasteiger partial charge < -0.3 is 15.4 Å². The summed E-state index contributed by atoms with van der Waals surface area (Å²) in [6.07, 6.45) is 5.38. The van der Waals surface area contributed by atoms with Gasteiger partial charge in [0.25, 0.3) is 5.91 Å². The quantitative estimate of drug-likeness (QED) is 0.879. The second-order valence-electron chi connectivity index (χ2n) is 5.85. The molecule has 2 amide bonds. The molecule has 1 aromatic rings. The van der Waals surface area contributed by atoms with Crippen molar-refractivity contribution in [3.8, 4) is 5.75 Å². The summed E-state index contributed by atoms with van der Waals surface area (Å²) in [7, 11) is 0. The zero-order valence-corrected chi connectivity index (χ0v) is 12.2. The second-order valence-corrected chi connectivity index (χ2v) is 5.85. The average Bonchev–Trinajstić information content (AvgIpc) is 2.47. The van der Waals surface area contributed by atoms with Crippen molar-refractivity contribution in [2.24, 2.45) is 5.92 Å². The van der Waals surface area contributed by atoms with Gasteiger partial charge in [-0.1, -0.05) is 19.3 Å². The summed E-state index contributed by atoms with van der Waals surface area (Å²) in [4.78, 5) is 23.8. The number of benzene rings is 1. The highest BCUT2D eigenvalue weighted by molar-refractivity contribution is 6.00. The maximum atomic E-state index is 12.4. The van der Waals surface area contributed by atoms with Gasteiger partial charge in [-0.2, -0.15) is 0 Å². The number of aryl methyl sites for hydroxylation is 1. The lowest BCUT2D eigenvalue weighted by molar-refractivity contribution is -0.120. The van der Waals surface area contributed by atoms with Crippen LogP contribution in [0.1, 0.15) is 37.7 Å². The van der Waals surface area contributed by atoms with Crippen LogP contribution in [0.4, 0.5) is 11.4 Å². The Bertz CT molecular complexity index is 577. The molecule has 112 valence electrons. The van der Waals surface area contributed by atoms with Crippen LogP contribution in [0.5, 0.6) is 5.75 Å². The third-order valence-corrected chi connectivity index (χ3v) is 4.09. The van der Waals surface area contributed by atoms with Crippen LogP contribution in [-0.2, 0) is 9.59 Å². The van der Waals surface area contributed by atoms with Crippen LogP contribution in [0.25, 0.3) is 0 Å². The van der Waals surface area contributed by atoms with E-state index in [0.717, 1.165) is 31.2 Å². The van der Waals surface area contributed by atoms with E-state index in [0.29, 0.717) is 17.1 Å². The second kappa shape index (κ2) is 5.76. The first-order valence-electron chi connectivity index (χ1n) is 7.51. The highest BCUT2D eigenvalue weighted by Gasteiger charge is 2.25. The smallest absolute Gasteiger partial charge is 0.262 e. The van der Waals surface area contributed by atoms with Gasteiger partial charge in [-0.3, -0.25) is 9.59 Å². The molecule has 0 aromatic heterocycles. The Morgan fingerprint density at radius 2 is 2.05 bits per heavy atom. The van der Waals surface area contributed by atoms with Gasteiger partial charge >= 0.3 is 0 Å². The van der Waals surface area contributed by atoms with Crippen LogP contribution in [-0.4, -0.2) is 18.4 Å². The van der Waals surface area contributed by atoms with E-state index in [9.17, 15) is 9.59 Å². The third kappa shape index (κ3) is 3.01. The summed E-state index contributed by atoms with van der Waals surface area (Å²) in [5, 5.41) is 5.76. The van der Waals surface area contributed by atoms with Gasteiger partial charge in [0.15, 0.2) is 12.4 Å². The summed E-state index contributed by atoms with van der Waals surface area (Å²) in [5.41, 5.74) is 2.25. The molecule has 0 bridgehead atoms. The van der Waals surface area contributed by atoms with Crippen LogP contribution in [0.3, 0.4) is 0 Å². The van der Waals surface area contributed by atoms with Gasteiger partial charge in [-0.25, -0.2) is 0 Å². The average molecular weight is 288 g/mol. The molecule has 0 atom stereocenters. The maximum absolute atomic E-state index is 12.4. The van der Waals surface area contributed by atoms with E-state index in [4.69, 9.17) is 4.74 Å². The van der Waals surface area contributed by atoms with Gasteiger partial charge in [0.1, 0.15) is 0 Å². The number of carbonyl (C=O) groups excluding carboxylic acids is 2.